The van der Waals surface area contributed by atoms with Crippen molar-refractivity contribution in [1.82, 2.24) is 0 Å². The van der Waals surface area contributed by atoms with Crippen LogP contribution in [0.1, 0.15) is 74.1 Å². The van der Waals surface area contributed by atoms with Crippen molar-refractivity contribution >= 4 is 11.9 Å². The lowest BCUT2D eigenvalue weighted by Crippen LogP contribution is -2.14. The van der Waals surface area contributed by atoms with Crippen LogP contribution in [0, 0.1) is 13.8 Å². The quantitative estimate of drug-likeness (QED) is 0.383. The van der Waals surface area contributed by atoms with Crippen molar-refractivity contribution in [3.05, 3.63) is 94.0 Å². The van der Waals surface area contributed by atoms with Crippen LogP contribution in [0.2, 0.25) is 0 Å². The van der Waals surface area contributed by atoms with E-state index in [2.05, 4.69) is 0 Å². The van der Waals surface area contributed by atoms with Gasteiger partial charge in [-0.05, 0) is 92.5 Å². The Labute approximate surface area is 181 Å². The number of fused-ring (bicyclic) bond motifs is 5. The summed E-state index contributed by atoms with van der Waals surface area (Å²) in [5, 5.41) is 0. The van der Waals surface area contributed by atoms with E-state index >= 15 is 0 Å². The Balaban J connectivity index is 1.49. The van der Waals surface area contributed by atoms with Gasteiger partial charge in [-0.2, -0.15) is 0 Å². The molecule has 0 amide bonds. The standard InChI is InChI=1S/C27H24O4/c1-16-5-3-7-20(11-16)26(28)30-24-14-22-18-9-10-19(13-18)23(22)15-25(24)31-27(29)21-8-4-6-17(2)12-21/h3-8,11-12,14-15,18-19H,9-10,13H2,1-2H3. The highest BCUT2D eigenvalue weighted by Crippen LogP contribution is 2.55. The van der Waals surface area contributed by atoms with Crippen LogP contribution in [0.25, 0.3) is 0 Å². The van der Waals surface area contributed by atoms with Gasteiger partial charge < -0.3 is 9.47 Å². The topological polar surface area (TPSA) is 52.6 Å². The Morgan fingerprint density at radius 2 is 1.16 bits per heavy atom. The molecule has 0 spiro atoms. The van der Waals surface area contributed by atoms with Gasteiger partial charge in [0, 0.05) is 0 Å². The van der Waals surface area contributed by atoms with E-state index in [1.165, 1.54) is 11.1 Å². The number of hydrogen-bond donors (Lipinski definition) is 0. The summed E-state index contributed by atoms with van der Waals surface area (Å²) >= 11 is 0. The number of aryl methyl sites for hydroxylation is 2. The molecular formula is C27H24O4. The van der Waals surface area contributed by atoms with E-state index in [1.807, 2.05) is 50.2 Å². The Bertz CT molecular complexity index is 1100. The predicted molar refractivity (Wildman–Crippen MR) is 118 cm³/mol. The zero-order valence-electron chi connectivity index (χ0n) is 17.7. The van der Waals surface area contributed by atoms with Crippen molar-refractivity contribution in [3.8, 4) is 11.5 Å². The predicted octanol–water partition coefficient (Wildman–Crippen LogP) is 6.11. The smallest absolute Gasteiger partial charge is 0.343 e. The van der Waals surface area contributed by atoms with Crippen LogP contribution < -0.4 is 9.47 Å². The first-order chi connectivity index (χ1) is 15.0. The molecule has 0 aromatic heterocycles. The van der Waals surface area contributed by atoms with Gasteiger partial charge in [0.05, 0.1) is 11.1 Å². The number of rotatable bonds is 4. The van der Waals surface area contributed by atoms with Gasteiger partial charge in [-0.15, -0.1) is 0 Å². The number of esters is 2. The number of carbonyl (C=O) groups excluding carboxylic acids is 2. The van der Waals surface area contributed by atoms with Gasteiger partial charge in [0.25, 0.3) is 0 Å². The van der Waals surface area contributed by atoms with Gasteiger partial charge >= 0.3 is 11.9 Å². The molecule has 4 nitrogen and oxygen atoms in total. The van der Waals surface area contributed by atoms with Gasteiger partial charge in [-0.25, -0.2) is 9.59 Å². The van der Waals surface area contributed by atoms with Crippen LogP contribution in [0.15, 0.2) is 60.7 Å². The number of benzene rings is 3. The average molecular weight is 412 g/mol. The van der Waals surface area contributed by atoms with Crippen molar-refractivity contribution < 1.29 is 19.1 Å². The minimum absolute atomic E-state index is 0.304. The first-order valence-electron chi connectivity index (χ1n) is 10.7. The minimum atomic E-state index is -0.459. The van der Waals surface area contributed by atoms with Gasteiger partial charge in [-0.1, -0.05) is 35.4 Å². The zero-order chi connectivity index (χ0) is 21.5. The molecule has 0 radical (unpaired) electrons. The van der Waals surface area contributed by atoms with Gasteiger partial charge in [0.15, 0.2) is 11.5 Å². The van der Waals surface area contributed by atoms with E-state index in [0.29, 0.717) is 34.5 Å². The lowest BCUT2D eigenvalue weighted by Gasteiger charge is -2.19. The molecule has 0 aliphatic heterocycles. The summed E-state index contributed by atoms with van der Waals surface area (Å²) in [6.07, 6.45) is 3.44. The van der Waals surface area contributed by atoms with Gasteiger partial charge in [0.2, 0.25) is 0 Å². The monoisotopic (exact) mass is 412 g/mol. The molecule has 156 valence electrons. The Morgan fingerprint density at radius 1 is 0.710 bits per heavy atom. The largest absolute Gasteiger partial charge is 0.419 e. The van der Waals surface area contributed by atoms with E-state index < -0.39 is 11.9 Å². The molecule has 31 heavy (non-hydrogen) atoms. The van der Waals surface area contributed by atoms with Crippen molar-refractivity contribution in [2.75, 3.05) is 0 Å². The molecule has 0 N–H and O–H groups in total. The van der Waals surface area contributed by atoms with Crippen LogP contribution >= 0.6 is 0 Å². The molecule has 3 aromatic rings. The summed E-state index contributed by atoms with van der Waals surface area (Å²) in [6, 6.07) is 18.4. The van der Waals surface area contributed by atoms with E-state index in [0.717, 1.165) is 30.4 Å². The maximum Gasteiger partial charge on any atom is 0.343 e. The third kappa shape index (κ3) is 3.74. The fraction of sp³-hybridized carbons (Fsp3) is 0.259. The first kappa shape index (κ1) is 19.6. The van der Waals surface area contributed by atoms with E-state index in [1.54, 1.807) is 24.3 Å². The van der Waals surface area contributed by atoms with Gasteiger partial charge in [-0.3, -0.25) is 0 Å². The van der Waals surface area contributed by atoms with Crippen molar-refractivity contribution in [1.29, 1.82) is 0 Å². The molecule has 2 aliphatic carbocycles. The summed E-state index contributed by atoms with van der Waals surface area (Å²) < 4.78 is 11.5. The van der Waals surface area contributed by atoms with Crippen molar-refractivity contribution in [2.24, 2.45) is 0 Å². The summed E-state index contributed by atoms with van der Waals surface area (Å²) in [7, 11) is 0. The highest BCUT2D eigenvalue weighted by molar-refractivity contribution is 5.93. The lowest BCUT2D eigenvalue weighted by molar-refractivity contribution is 0.0682. The van der Waals surface area contributed by atoms with Crippen LogP contribution in [0.5, 0.6) is 11.5 Å². The van der Waals surface area contributed by atoms with Gasteiger partial charge in [0.1, 0.15) is 0 Å². The fourth-order valence-corrected chi connectivity index (χ4v) is 4.87. The SMILES string of the molecule is Cc1cccc(C(=O)Oc2cc3c(cc2OC(=O)c2cccc(C)c2)C2CCC3C2)c1. The van der Waals surface area contributed by atoms with Crippen molar-refractivity contribution in [3.63, 3.8) is 0 Å². The molecule has 3 aromatic carbocycles. The summed E-state index contributed by atoms with van der Waals surface area (Å²) in [4.78, 5) is 25.6. The molecule has 0 saturated heterocycles. The Hall–Kier alpha value is -3.40. The molecule has 1 saturated carbocycles. The van der Waals surface area contributed by atoms with Crippen LogP contribution in [0.3, 0.4) is 0 Å². The first-order valence-corrected chi connectivity index (χ1v) is 10.7. The molecule has 2 aliphatic rings. The summed E-state index contributed by atoms with van der Waals surface area (Å²) in [5.41, 5.74) is 5.34. The molecule has 2 bridgehead atoms. The molecule has 1 fully saturated rings. The zero-order valence-corrected chi connectivity index (χ0v) is 17.7. The minimum Gasteiger partial charge on any atom is -0.419 e. The van der Waals surface area contributed by atoms with Crippen LogP contribution in [-0.4, -0.2) is 11.9 Å². The summed E-state index contributed by atoms with van der Waals surface area (Å²) in [6.45, 7) is 3.86. The second-order valence-electron chi connectivity index (χ2n) is 8.65. The molecule has 2 atom stereocenters. The second kappa shape index (κ2) is 7.69. The molecule has 0 heterocycles. The molecule has 5 rings (SSSR count). The van der Waals surface area contributed by atoms with E-state index in [-0.39, 0.29) is 0 Å². The highest BCUT2D eigenvalue weighted by atomic mass is 16.6. The third-order valence-corrected chi connectivity index (χ3v) is 6.37. The van der Waals surface area contributed by atoms with Crippen molar-refractivity contribution in [2.45, 2.75) is 44.9 Å². The maximum atomic E-state index is 12.8. The van der Waals surface area contributed by atoms with Crippen LogP contribution in [-0.2, 0) is 0 Å². The second-order valence-corrected chi connectivity index (χ2v) is 8.65. The molecule has 2 unspecified atom stereocenters. The Kier molecular flexibility index (Phi) is 4.85. The maximum absolute atomic E-state index is 12.8. The highest BCUT2D eigenvalue weighted by Gasteiger charge is 2.38. The number of ether oxygens (including phenoxy) is 2. The van der Waals surface area contributed by atoms with E-state index in [9.17, 15) is 9.59 Å². The molecule has 4 heteroatoms. The number of hydrogen-bond acceptors (Lipinski definition) is 4. The summed E-state index contributed by atoms with van der Waals surface area (Å²) in [5.74, 6) is 0.688. The van der Waals surface area contributed by atoms with Crippen LogP contribution in [0.4, 0.5) is 0 Å². The van der Waals surface area contributed by atoms with E-state index in [4.69, 9.17) is 9.47 Å². The lowest BCUT2D eigenvalue weighted by atomic mass is 9.91. The molecular weight excluding hydrogens is 388 g/mol. The third-order valence-electron chi connectivity index (χ3n) is 6.37. The fourth-order valence-electron chi connectivity index (χ4n) is 4.87. The Morgan fingerprint density at radius 3 is 1.58 bits per heavy atom. The number of carbonyl (C=O) groups is 2. The average Bonchev–Trinajstić information content (AvgIpc) is 3.36. The normalized spacial score (nSPS) is 18.5.